The highest BCUT2D eigenvalue weighted by Crippen LogP contribution is 2.30. The minimum absolute atomic E-state index is 0.133. The summed E-state index contributed by atoms with van der Waals surface area (Å²) in [5, 5.41) is 0. The Morgan fingerprint density at radius 3 is 2.50 bits per heavy atom. The highest BCUT2D eigenvalue weighted by atomic mass is 32.2. The molecule has 0 N–H and O–H groups in total. The smallest absolute Gasteiger partial charge is 0.258 e. The van der Waals surface area contributed by atoms with Gasteiger partial charge in [0.2, 0.25) is 10.0 Å². The second kappa shape index (κ2) is 6.52. The standard InChI is InChI=1S/C20H22N2O3S/c1-15-8-9-17(26(24,25)21-11-4-5-12-21)14-18(15)20(23)22-13-10-16-6-2-3-7-19(16)22/h2-3,6-9,14H,4-5,10-13H2,1H3. The minimum atomic E-state index is -3.53. The Kier molecular flexibility index (Phi) is 4.32. The van der Waals surface area contributed by atoms with E-state index in [0.29, 0.717) is 25.2 Å². The Hall–Kier alpha value is -2.18. The van der Waals surface area contributed by atoms with E-state index in [1.54, 1.807) is 23.1 Å². The molecule has 6 heteroatoms. The van der Waals surface area contributed by atoms with Crippen LogP contribution in [-0.4, -0.2) is 38.3 Å². The van der Waals surface area contributed by atoms with Gasteiger partial charge in [-0.2, -0.15) is 4.31 Å². The minimum Gasteiger partial charge on any atom is -0.308 e. The molecular formula is C20H22N2O3S. The van der Waals surface area contributed by atoms with Crippen molar-refractivity contribution in [3.63, 3.8) is 0 Å². The third-order valence-electron chi connectivity index (χ3n) is 5.27. The zero-order valence-corrected chi connectivity index (χ0v) is 15.6. The molecular weight excluding hydrogens is 348 g/mol. The van der Waals surface area contributed by atoms with Crippen molar-refractivity contribution in [2.75, 3.05) is 24.5 Å². The fourth-order valence-corrected chi connectivity index (χ4v) is 5.31. The summed E-state index contributed by atoms with van der Waals surface area (Å²) in [6, 6.07) is 12.8. The monoisotopic (exact) mass is 370 g/mol. The number of amides is 1. The number of aryl methyl sites for hydroxylation is 1. The van der Waals surface area contributed by atoms with E-state index in [4.69, 9.17) is 0 Å². The van der Waals surface area contributed by atoms with Gasteiger partial charge >= 0.3 is 0 Å². The van der Waals surface area contributed by atoms with E-state index >= 15 is 0 Å². The first-order valence-electron chi connectivity index (χ1n) is 8.99. The molecule has 2 aliphatic heterocycles. The van der Waals surface area contributed by atoms with E-state index in [0.717, 1.165) is 36.1 Å². The van der Waals surface area contributed by atoms with Crippen LogP contribution in [0.15, 0.2) is 47.4 Å². The normalized spacial score (nSPS) is 17.5. The van der Waals surface area contributed by atoms with Crippen molar-refractivity contribution in [2.45, 2.75) is 31.1 Å². The van der Waals surface area contributed by atoms with Gasteiger partial charge < -0.3 is 4.90 Å². The largest absolute Gasteiger partial charge is 0.308 e. The second-order valence-corrected chi connectivity index (χ2v) is 8.86. The summed E-state index contributed by atoms with van der Waals surface area (Å²) in [5.74, 6) is -0.133. The van der Waals surface area contributed by atoms with Gasteiger partial charge in [-0.15, -0.1) is 0 Å². The summed E-state index contributed by atoms with van der Waals surface area (Å²) >= 11 is 0. The van der Waals surface area contributed by atoms with E-state index in [2.05, 4.69) is 0 Å². The lowest BCUT2D eigenvalue weighted by molar-refractivity contribution is 0.0988. The molecule has 1 fully saturated rings. The number of rotatable bonds is 3. The van der Waals surface area contributed by atoms with Crippen molar-refractivity contribution in [1.82, 2.24) is 4.31 Å². The van der Waals surface area contributed by atoms with Gasteiger partial charge in [-0.3, -0.25) is 4.79 Å². The molecule has 136 valence electrons. The number of para-hydroxylation sites is 1. The number of anilines is 1. The molecule has 0 aromatic heterocycles. The lowest BCUT2D eigenvalue weighted by atomic mass is 10.1. The number of fused-ring (bicyclic) bond motifs is 1. The summed E-state index contributed by atoms with van der Waals surface area (Å²) in [7, 11) is -3.53. The van der Waals surface area contributed by atoms with Gasteiger partial charge in [0.25, 0.3) is 5.91 Å². The highest BCUT2D eigenvalue weighted by molar-refractivity contribution is 7.89. The summed E-state index contributed by atoms with van der Waals surface area (Å²) in [6.07, 6.45) is 2.61. The van der Waals surface area contributed by atoms with Gasteiger partial charge in [0.15, 0.2) is 0 Å². The van der Waals surface area contributed by atoms with E-state index in [1.807, 2.05) is 31.2 Å². The van der Waals surface area contributed by atoms with Crippen LogP contribution in [0.2, 0.25) is 0 Å². The molecule has 0 spiro atoms. The van der Waals surface area contributed by atoms with E-state index < -0.39 is 10.0 Å². The van der Waals surface area contributed by atoms with E-state index in [9.17, 15) is 13.2 Å². The van der Waals surface area contributed by atoms with Gasteiger partial charge in [0.1, 0.15) is 0 Å². The number of hydrogen-bond donors (Lipinski definition) is 0. The van der Waals surface area contributed by atoms with Crippen LogP contribution in [0, 0.1) is 6.92 Å². The number of sulfonamides is 1. The molecule has 4 rings (SSSR count). The molecule has 1 amide bonds. The molecule has 2 aromatic carbocycles. The van der Waals surface area contributed by atoms with Gasteiger partial charge in [-0.1, -0.05) is 24.3 Å². The van der Waals surface area contributed by atoms with Crippen molar-refractivity contribution in [3.05, 3.63) is 59.2 Å². The SMILES string of the molecule is Cc1ccc(S(=O)(=O)N2CCCC2)cc1C(=O)N1CCc2ccccc21. The van der Waals surface area contributed by atoms with Crippen LogP contribution in [-0.2, 0) is 16.4 Å². The van der Waals surface area contributed by atoms with Crippen LogP contribution >= 0.6 is 0 Å². The van der Waals surface area contributed by atoms with Crippen molar-refractivity contribution < 1.29 is 13.2 Å². The summed E-state index contributed by atoms with van der Waals surface area (Å²) in [4.78, 5) is 15.1. The Morgan fingerprint density at radius 1 is 1.00 bits per heavy atom. The molecule has 5 nitrogen and oxygen atoms in total. The molecule has 26 heavy (non-hydrogen) atoms. The zero-order valence-electron chi connectivity index (χ0n) is 14.8. The summed E-state index contributed by atoms with van der Waals surface area (Å²) < 4.78 is 27.2. The fraction of sp³-hybridized carbons (Fsp3) is 0.350. The lowest BCUT2D eigenvalue weighted by Crippen LogP contribution is -2.31. The molecule has 0 bridgehead atoms. The third-order valence-corrected chi connectivity index (χ3v) is 7.17. The van der Waals surface area contributed by atoms with Crippen molar-refractivity contribution in [1.29, 1.82) is 0 Å². The fourth-order valence-electron chi connectivity index (χ4n) is 3.76. The van der Waals surface area contributed by atoms with Gasteiger partial charge in [-0.25, -0.2) is 8.42 Å². The maximum absolute atomic E-state index is 13.1. The Labute approximate surface area is 154 Å². The zero-order chi connectivity index (χ0) is 18.3. The van der Waals surface area contributed by atoms with Crippen LogP contribution in [0.5, 0.6) is 0 Å². The molecule has 1 saturated heterocycles. The van der Waals surface area contributed by atoms with Crippen LogP contribution in [0.25, 0.3) is 0 Å². The summed E-state index contributed by atoms with van der Waals surface area (Å²) in [6.45, 7) is 3.58. The topological polar surface area (TPSA) is 57.7 Å². The van der Waals surface area contributed by atoms with Gasteiger partial charge in [-0.05, 0) is 55.5 Å². The quantitative estimate of drug-likeness (QED) is 0.835. The van der Waals surface area contributed by atoms with Crippen molar-refractivity contribution in [2.24, 2.45) is 0 Å². The van der Waals surface area contributed by atoms with E-state index in [1.165, 1.54) is 4.31 Å². The van der Waals surface area contributed by atoms with E-state index in [-0.39, 0.29) is 10.8 Å². The van der Waals surface area contributed by atoms with Crippen molar-refractivity contribution in [3.8, 4) is 0 Å². The molecule has 0 atom stereocenters. The van der Waals surface area contributed by atoms with Crippen LogP contribution in [0.1, 0.15) is 34.3 Å². The lowest BCUT2D eigenvalue weighted by Gasteiger charge is -2.20. The van der Waals surface area contributed by atoms with Crippen molar-refractivity contribution >= 4 is 21.6 Å². The third kappa shape index (κ3) is 2.83. The number of carbonyl (C=O) groups is 1. The molecule has 0 saturated carbocycles. The maximum atomic E-state index is 13.1. The first kappa shape index (κ1) is 17.2. The molecule has 0 radical (unpaired) electrons. The number of benzene rings is 2. The highest BCUT2D eigenvalue weighted by Gasteiger charge is 2.30. The predicted molar refractivity (Wildman–Crippen MR) is 101 cm³/mol. The first-order valence-corrected chi connectivity index (χ1v) is 10.4. The van der Waals surface area contributed by atoms with Gasteiger partial charge in [0, 0.05) is 30.9 Å². The Balaban J connectivity index is 1.70. The summed E-state index contributed by atoms with van der Waals surface area (Å²) in [5.41, 5.74) is 3.32. The molecule has 2 aromatic rings. The Morgan fingerprint density at radius 2 is 1.73 bits per heavy atom. The van der Waals surface area contributed by atoms with Gasteiger partial charge in [0.05, 0.1) is 4.90 Å². The first-order chi connectivity index (χ1) is 12.5. The average molecular weight is 370 g/mol. The molecule has 2 aliphatic rings. The second-order valence-electron chi connectivity index (χ2n) is 6.92. The van der Waals surface area contributed by atoms with Crippen LogP contribution in [0.3, 0.4) is 0 Å². The van der Waals surface area contributed by atoms with Crippen LogP contribution in [0.4, 0.5) is 5.69 Å². The number of nitrogens with zero attached hydrogens (tertiary/aromatic N) is 2. The Bertz CT molecular complexity index is 963. The number of hydrogen-bond acceptors (Lipinski definition) is 3. The molecule has 0 aliphatic carbocycles. The maximum Gasteiger partial charge on any atom is 0.258 e. The number of carbonyl (C=O) groups excluding carboxylic acids is 1. The molecule has 2 heterocycles. The predicted octanol–water partition coefficient (Wildman–Crippen LogP) is 2.98. The van der Waals surface area contributed by atoms with Crippen LogP contribution < -0.4 is 4.90 Å². The molecule has 0 unspecified atom stereocenters. The average Bonchev–Trinajstić information content (AvgIpc) is 3.31.